The third-order valence-electron chi connectivity index (χ3n) is 7.98. The molecular formula is C29H30FN3O2. The van der Waals surface area contributed by atoms with E-state index in [9.17, 15) is 14.3 Å². The highest BCUT2D eigenvalue weighted by atomic mass is 19.1. The van der Waals surface area contributed by atoms with Gasteiger partial charge in [0.15, 0.2) is 0 Å². The maximum Gasteiger partial charge on any atom is 0.257 e. The molecule has 6 heteroatoms. The Balaban J connectivity index is 1.51. The molecule has 1 aliphatic heterocycles. The van der Waals surface area contributed by atoms with Gasteiger partial charge in [-0.25, -0.2) is 11.0 Å². The van der Waals surface area contributed by atoms with Crippen LogP contribution in [0.2, 0.25) is 0 Å². The van der Waals surface area contributed by atoms with Gasteiger partial charge in [-0.05, 0) is 62.3 Å². The highest BCUT2D eigenvalue weighted by molar-refractivity contribution is 6.00. The van der Waals surface area contributed by atoms with Crippen LogP contribution in [-0.4, -0.2) is 39.6 Å². The molecule has 1 aliphatic carbocycles. The number of amides is 1. The number of benzene rings is 2. The molecule has 1 aromatic heterocycles. The first-order valence-electron chi connectivity index (χ1n) is 12.4. The number of rotatable bonds is 3. The number of carbonyl (C=O) groups is 1. The molecule has 35 heavy (non-hydrogen) atoms. The van der Waals surface area contributed by atoms with Crippen LogP contribution in [-0.2, 0) is 5.54 Å². The highest BCUT2D eigenvalue weighted by Crippen LogP contribution is 2.48. The number of piperidine rings is 1. The van der Waals surface area contributed by atoms with Crippen LogP contribution in [0.15, 0.2) is 54.7 Å². The van der Waals surface area contributed by atoms with Crippen LogP contribution in [0.4, 0.5) is 4.39 Å². The summed E-state index contributed by atoms with van der Waals surface area (Å²) < 4.78 is 14.4. The molecule has 180 valence electrons. The molecule has 0 atom stereocenters. The maximum atomic E-state index is 14.4. The molecule has 2 aliphatic rings. The van der Waals surface area contributed by atoms with Gasteiger partial charge in [0.25, 0.3) is 11.4 Å². The molecule has 3 aromatic rings. The van der Waals surface area contributed by atoms with Crippen molar-refractivity contribution < 1.29 is 14.3 Å². The molecule has 1 amide bonds. The predicted octanol–water partition coefficient (Wildman–Crippen LogP) is 5.83. The second-order valence-corrected chi connectivity index (χ2v) is 10.3. The van der Waals surface area contributed by atoms with E-state index in [1.807, 2.05) is 30.3 Å². The van der Waals surface area contributed by atoms with Crippen molar-refractivity contribution in [2.24, 2.45) is 0 Å². The third kappa shape index (κ3) is 4.41. The fourth-order valence-corrected chi connectivity index (χ4v) is 5.75. The summed E-state index contributed by atoms with van der Waals surface area (Å²) in [4.78, 5) is 24.0. The lowest BCUT2D eigenvalue weighted by atomic mass is 9.70. The zero-order valence-corrected chi connectivity index (χ0v) is 20.0. The standard InChI is InChI=1S/C29H30FN3O2/c1-28(35)14-16-33(17-15-28)27(34)24-19-32-25-9-8-22(30)18-23(25)26(24)20-10-12-29(31-2,13-11-20)21-6-4-3-5-7-21/h3-9,18-20,35H,10-17H2,1H3. The smallest absolute Gasteiger partial charge is 0.257 e. The molecule has 2 aromatic carbocycles. The Labute approximate surface area is 205 Å². The summed E-state index contributed by atoms with van der Waals surface area (Å²) in [5.41, 5.74) is 1.76. The molecular weight excluding hydrogens is 441 g/mol. The van der Waals surface area contributed by atoms with Crippen LogP contribution < -0.4 is 0 Å². The van der Waals surface area contributed by atoms with E-state index in [4.69, 9.17) is 6.57 Å². The lowest BCUT2D eigenvalue weighted by molar-refractivity contribution is -0.00208. The Bertz CT molecular complexity index is 1280. The monoisotopic (exact) mass is 471 g/mol. The first kappa shape index (κ1) is 23.4. The van der Waals surface area contributed by atoms with Crippen molar-refractivity contribution in [3.63, 3.8) is 0 Å². The molecule has 0 bridgehead atoms. The molecule has 2 heterocycles. The van der Waals surface area contributed by atoms with Crippen LogP contribution in [0.3, 0.4) is 0 Å². The average molecular weight is 472 g/mol. The fraction of sp³-hybridized carbons (Fsp3) is 0.414. The third-order valence-corrected chi connectivity index (χ3v) is 7.98. The van der Waals surface area contributed by atoms with Gasteiger partial charge >= 0.3 is 0 Å². The number of likely N-dealkylation sites (tertiary alicyclic amines) is 1. The van der Waals surface area contributed by atoms with E-state index in [1.165, 1.54) is 12.1 Å². The number of aliphatic hydroxyl groups is 1. The van der Waals surface area contributed by atoms with Gasteiger partial charge in [0, 0.05) is 43.1 Å². The molecule has 0 unspecified atom stereocenters. The van der Waals surface area contributed by atoms with Gasteiger partial charge in [0.05, 0.1) is 16.7 Å². The van der Waals surface area contributed by atoms with E-state index < -0.39 is 11.1 Å². The van der Waals surface area contributed by atoms with E-state index in [0.29, 0.717) is 55.2 Å². The second-order valence-electron chi connectivity index (χ2n) is 10.3. The normalized spacial score (nSPS) is 24.2. The summed E-state index contributed by atoms with van der Waals surface area (Å²) in [6.07, 6.45) is 5.53. The molecule has 1 saturated carbocycles. The van der Waals surface area contributed by atoms with Gasteiger partial charge in [0.2, 0.25) is 0 Å². The Morgan fingerprint density at radius 3 is 2.46 bits per heavy atom. The Morgan fingerprint density at radius 1 is 1.11 bits per heavy atom. The van der Waals surface area contributed by atoms with Crippen molar-refractivity contribution >= 4 is 16.8 Å². The molecule has 0 radical (unpaired) electrons. The van der Waals surface area contributed by atoms with Gasteiger partial charge in [-0.2, -0.15) is 0 Å². The number of nitrogens with zero attached hydrogens (tertiary/aromatic N) is 3. The summed E-state index contributed by atoms with van der Waals surface area (Å²) >= 11 is 0. The largest absolute Gasteiger partial charge is 0.390 e. The van der Waals surface area contributed by atoms with Gasteiger partial charge < -0.3 is 14.9 Å². The van der Waals surface area contributed by atoms with Gasteiger partial charge in [-0.1, -0.05) is 30.3 Å². The topological polar surface area (TPSA) is 57.8 Å². The Kier molecular flexibility index (Phi) is 6.06. The summed E-state index contributed by atoms with van der Waals surface area (Å²) in [6.45, 7) is 10.7. The lowest BCUT2D eigenvalue weighted by Gasteiger charge is -2.37. The molecule has 5 nitrogen and oxygen atoms in total. The second kappa shape index (κ2) is 9.05. The zero-order chi connectivity index (χ0) is 24.6. The number of hydrogen-bond donors (Lipinski definition) is 1. The number of carbonyl (C=O) groups excluding carboxylic acids is 1. The Hall–Kier alpha value is -3.30. The van der Waals surface area contributed by atoms with E-state index in [0.717, 1.165) is 24.0 Å². The maximum absolute atomic E-state index is 14.4. The van der Waals surface area contributed by atoms with Crippen LogP contribution in [0.25, 0.3) is 15.7 Å². The number of halogens is 1. The van der Waals surface area contributed by atoms with Crippen molar-refractivity contribution in [2.45, 2.75) is 62.5 Å². The molecule has 5 rings (SSSR count). The molecule has 1 N–H and O–H groups in total. The highest BCUT2D eigenvalue weighted by Gasteiger charge is 2.44. The van der Waals surface area contributed by atoms with Gasteiger partial charge in [-0.3, -0.25) is 9.78 Å². The summed E-state index contributed by atoms with van der Waals surface area (Å²) in [6, 6.07) is 14.5. The van der Waals surface area contributed by atoms with Crippen molar-refractivity contribution in [1.82, 2.24) is 9.88 Å². The van der Waals surface area contributed by atoms with Crippen molar-refractivity contribution in [3.05, 3.63) is 88.7 Å². The van der Waals surface area contributed by atoms with Gasteiger partial charge in [-0.15, -0.1) is 0 Å². The van der Waals surface area contributed by atoms with E-state index in [1.54, 1.807) is 24.1 Å². The first-order chi connectivity index (χ1) is 16.8. The summed E-state index contributed by atoms with van der Waals surface area (Å²) in [5, 5.41) is 11.0. The van der Waals surface area contributed by atoms with E-state index >= 15 is 0 Å². The van der Waals surface area contributed by atoms with E-state index in [2.05, 4.69) is 9.83 Å². The summed E-state index contributed by atoms with van der Waals surface area (Å²) in [7, 11) is 0. The zero-order valence-electron chi connectivity index (χ0n) is 20.0. The number of hydrogen-bond acceptors (Lipinski definition) is 3. The fourth-order valence-electron chi connectivity index (χ4n) is 5.75. The molecule has 1 saturated heterocycles. The van der Waals surface area contributed by atoms with Crippen molar-refractivity contribution in [2.75, 3.05) is 13.1 Å². The first-order valence-corrected chi connectivity index (χ1v) is 12.4. The summed E-state index contributed by atoms with van der Waals surface area (Å²) in [5.74, 6) is -0.429. The number of aromatic nitrogens is 1. The average Bonchev–Trinajstić information content (AvgIpc) is 2.88. The predicted molar refractivity (Wildman–Crippen MR) is 133 cm³/mol. The molecule has 2 fully saturated rings. The molecule has 0 spiro atoms. The van der Waals surface area contributed by atoms with E-state index in [-0.39, 0.29) is 17.6 Å². The quantitative estimate of drug-likeness (QED) is 0.489. The van der Waals surface area contributed by atoms with Crippen LogP contribution in [0.5, 0.6) is 0 Å². The van der Waals surface area contributed by atoms with Crippen LogP contribution in [0, 0.1) is 12.4 Å². The number of pyridine rings is 1. The van der Waals surface area contributed by atoms with Crippen LogP contribution in [0.1, 0.15) is 72.9 Å². The van der Waals surface area contributed by atoms with Crippen molar-refractivity contribution in [1.29, 1.82) is 0 Å². The van der Waals surface area contributed by atoms with Crippen LogP contribution >= 0.6 is 0 Å². The lowest BCUT2D eigenvalue weighted by Crippen LogP contribution is -2.45. The van der Waals surface area contributed by atoms with Gasteiger partial charge in [0.1, 0.15) is 5.82 Å². The minimum atomic E-state index is -0.756. The minimum absolute atomic E-state index is 0.0349. The minimum Gasteiger partial charge on any atom is -0.390 e. The SMILES string of the molecule is [C-]#[N+]C1(c2ccccc2)CCC(c2c(C(=O)N3CCC(C)(O)CC3)cnc3ccc(F)cc23)CC1. The Morgan fingerprint density at radius 2 is 1.80 bits per heavy atom. The van der Waals surface area contributed by atoms with Crippen molar-refractivity contribution in [3.8, 4) is 0 Å². The number of fused-ring (bicyclic) bond motifs is 1.